The van der Waals surface area contributed by atoms with E-state index in [1.54, 1.807) is 0 Å². The fraction of sp³-hybridized carbons (Fsp3) is 0.611. The van der Waals surface area contributed by atoms with Gasteiger partial charge in [0.15, 0.2) is 5.96 Å². The van der Waals surface area contributed by atoms with Gasteiger partial charge in [0.2, 0.25) is 0 Å². The second kappa shape index (κ2) is 14.8. The van der Waals surface area contributed by atoms with Crippen LogP contribution < -0.4 is 11.1 Å². The van der Waals surface area contributed by atoms with Gasteiger partial charge in [0.05, 0.1) is 12.6 Å². The largest absolute Gasteiger partial charge is 0.391 e. The van der Waals surface area contributed by atoms with Crippen molar-refractivity contribution in [3.05, 3.63) is 35.9 Å². The van der Waals surface area contributed by atoms with Crippen LogP contribution in [0.25, 0.3) is 0 Å². The maximum Gasteiger partial charge on any atom is 0.188 e. The van der Waals surface area contributed by atoms with Crippen LogP contribution in [-0.4, -0.2) is 30.3 Å². The molecule has 4 nitrogen and oxygen atoms in total. The van der Waals surface area contributed by atoms with Crippen LogP contribution in [0.3, 0.4) is 0 Å². The number of aliphatic hydroxyl groups is 1. The van der Waals surface area contributed by atoms with Crippen LogP contribution >= 0.6 is 24.0 Å². The summed E-state index contributed by atoms with van der Waals surface area (Å²) in [6.07, 6.45) is 7.70. The summed E-state index contributed by atoms with van der Waals surface area (Å²) in [6.45, 7) is 3.42. The number of unbranched alkanes of at least 4 members (excludes halogenated alkanes) is 5. The lowest BCUT2D eigenvalue weighted by Crippen LogP contribution is -2.33. The summed E-state index contributed by atoms with van der Waals surface area (Å²) in [7, 11) is 0. The first kappa shape index (κ1) is 22.2. The van der Waals surface area contributed by atoms with E-state index in [4.69, 9.17) is 5.73 Å². The Bertz CT molecular complexity index is 412. The molecule has 0 saturated carbocycles. The Kier molecular flexibility index (Phi) is 14.2. The zero-order chi connectivity index (χ0) is 16.0. The van der Waals surface area contributed by atoms with Crippen LogP contribution in [-0.2, 0) is 6.42 Å². The zero-order valence-electron chi connectivity index (χ0n) is 14.2. The van der Waals surface area contributed by atoms with E-state index in [0.29, 0.717) is 18.9 Å². The van der Waals surface area contributed by atoms with Gasteiger partial charge in [-0.2, -0.15) is 0 Å². The predicted octanol–water partition coefficient (Wildman–Crippen LogP) is 3.47. The van der Waals surface area contributed by atoms with Gasteiger partial charge in [0.25, 0.3) is 0 Å². The Morgan fingerprint density at radius 3 is 2.48 bits per heavy atom. The molecule has 0 bridgehead atoms. The number of aliphatic hydroxyl groups excluding tert-OH is 1. The molecule has 0 aliphatic heterocycles. The second-order valence-electron chi connectivity index (χ2n) is 5.76. The van der Waals surface area contributed by atoms with E-state index in [9.17, 15) is 5.11 Å². The number of rotatable bonds is 11. The summed E-state index contributed by atoms with van der Waals surface area (Å²) >= 11 is 0. The van der Waals surface area contributed by atoms with Crippen molar-refractivity contribution in [2.45, 2.75) is 58.0 Å². The summed E-state index contributed by atoms with van der Waals surface area (Å²) < 4.78 is 0. The lowest BCUT2D eigenvalue weighted by molar-refractivity contribution is 0.184. The van der Waals surface area contributed by atoms with Gasteiger partial charge in [-0.25, -0.2) is 0 Å². The molecular formula is C18H32IN3O. The Hall–Kier alpha value is -0.820. The Labute approximate surface area is 158 Å². The van der Waals surface area contributed by atoms with E-state index >= 15 is 0 Å². The first-order chi connectivity index (χ1) is 10.7. The molecule has 1 rings (SSSR count). The Balaban J connectivity index is 0.00000484. The number of hydrogen-bond donors (Lipinski definition) is 3. The summed E-state index contributed by atoms with van der Waals surface area (Å²) in [5, 5.41) is 13.1. The predicted molar refractivity (Wildman–Crippen MR) is 109 cm³/mol. The first-order valence-electron chi connectivity index (χ1n) is 8.48. The maximum absolute atomic E-state index is 9.95. The molecule has 1 atom stereocenters. The number of nitrogens with two attached hydrogens (primary N) is 1. The summed E-state index contributed by atoms with van der Waals surface area (Å²) in [5.74, 6) is 0.431. The van der Waals surface area contributed by atoms with Gasteiger partial charge in [-0.3, -0.25) is 4.99 Å². The Morgan fingerprint density at radius 2 is 1.78 bits per heavy atom. The third kappa shape index (κ3) is 12.3. The highest BCUT2D eigenvalue weighted by Gasteiger charge is 2.04. The van der Waals surface area contributed by atoms with Gasteiger partial charge >= 0.3 is 0 Å². The molecule has 0 heterocycles. The number of benzene rings is 1. The lowest BCUT2D eigenvalue weighted by atomic mass is 10.1. The van der Waals surface area contributed by atoms with E-state index in [1.165, 1.54) is 32.1 Å². The van der Waals surface area contributed by atoms with Crippen LogP contribution in [0.5, 0.6) is 0 Å². The molecule has 0 aliphatic carbocycles. The average molecular weight is 433 g/mol. The van der Waals surface area contributed by atoms with Crippen molar-refractivity contribution in [1.82, 2.24) is 5.32 Å². The van der Waals surface area contributed by atoms with E-state index < -0.39 is 6.10 Å². The molecule has 0 amide bonds. The van der Waals surface area contributed by atoms with Crippen LogP contribution in [0.15, 0.2) is 35.3 Å². The molecule has 0 spiro atoms. The minimum atomic E-state index is -0.489. The minimum absolute atomic E-state index is 0. The van der Waals surface area contributed by atoms with Crippen LogP contribution in [0.2, 0.25) is 0 Å². The molecule has 23 heavy (non-hydrogen) atoms. The average Bonchev–Trinajstić information content (AvgIpc) is 2.53. The van der Waals surface area contributed by atoms with Crippen molar-refractivity contribution in [3.63, 3.8) is 0 Å². The third-order valence-electron chi connectivity index (χ3n) is 3.62. The van der Waals surface area contributed by atoms with Crippen LogP contribution in [0.4, 0.5) is 0 Å². The fourth-order valence-corrected chi connectivity index (χ4v) is 2.33. The van der Waals surface area contributed by atoms with Crippen molar-refractivity contribution >= 4 is 29.9 Å². The van der Waals surface area contributed by atoms with Gasteiger partial charge in [-0.15, -0.1) is 24.0 Å². The third-order valence-corrected chi connectivity index (χ3v) is 3.62. The maximum atomic E-state index is 9.95. The number of hydrogen-bond acceptors (Lipinski definition) is 2. The molecular weight excluding hydrogens is 401 g/mol. The number of guanidine groups is 1. The Morgan fingerprint density at radius 1 is 1.13 bits per heavy atom. The number of aliphatic imine (C=N–C) groups is 1. The van der Waals surface area contributed by atoms with Gasteiger partial charge in [-0.05, 0) is 12.0 Å². The first-order valence-corrected chi connectivity index (χ1v) is 8.48. The van der Waals surface area contributed by atoms with Gasteiger partial charge in [0.1, 0.15) is 0 Å². The van der Waals surface area contributed by atoms with Crippen molar-refractivity contribution in [3.8, 4) is 0 Å². The van der Waals surface area contributed by atoms with Crippen LogP contribution in [0.1, 0.15) is 51.0 Å². The second-order valence-corrected chi connectivity index (χ2v) is 5.76. The van der Waals surface area contributed by atoms with Crippen molar-refractivity contribution in [2.24, 2.45) is 10.7 Å². The summed E-state index contributed by atoms with van der Waals surface area (Å²) in [4.78, 5) is 4.20. The normalized spacial score (nSPS) is 12.5. The molecule has 0 fully saturated rings. The monoisotopic (exact) mass is 433 g/mol. The molecule has 132 valence electrons. The molecule has 0 aromatic heterocycles. The summed E-state index contributed by atoms with van der Waals surface area (Å²) in [6, 6.07) is 9.93. The van der Waals surface area contributed by atoms with E-state index in [0.717, 1.165) is 18.5 Å². The van der Waals surface area contributed by atoms with Crippen LogP contribution in [0, 0.1) is 0 Å². The highest BCUT2D eigenvalue weighted by molar-refractivity contribution is 14.0. The minimum Gasteiger partial charge on any atom is -0.391 e. The van der Waals surface area contributed by atoms with E-state index in [1.807, 2.05) is 30.3 Å². The van der Waals surface area contributed by atoms with Gasteiger partial charge < -0.3 is 16.2 Å². The molecule has 0 radical (unpaired) electrons. The molecule has 1 unspecified atom stereocenters. The van der Waals surface area contributed by atoms with Crippen molar-refractivity contribution < 1.29 is 5.11 Å². The van der Waals surface area contributed by atoms with E-state index in [2.05, 4.69) is 17.2 Å². The van der Waals surface area contributed by atoms with Gasteiger partial charge in [0, 0.05) is 13.0 Å². The fourth-order valence-electron chi connectivity index (χ4n) is 2.33. The number of nitrogens with zero attached hydrogens (tertiary/aromatic N) is 1. The van der Waals surface area contributed by atoms with Gasteiger partial charge in [-0.1, -0.05) is 69.4 Å². The lowest BCUT2D eigenvalue weighted by Gasteiger charge is -2.09. The summed E-state index contributed by atoms with van der Waals surface area (Å²) in [5.41, 5.74) is 6.92. The molecule has 5 heteroatoms. The number of nitrogens with one attached hydrogen (secondary N) is 1. The zero-order valence-corrected chi connectivity index (χ0v) is 16.5. The standard InChI is InChI=1S/C18H31N3O.HI/c1-2-3-4-5-6-10-13-20-18(19)21-15-17(22)14-16-11-8-7-9-12-16;/h7-9,11-12,17,22H,2-6,10,13-15H2,1H3,(H3,19,20,21);1H. The molecule has 0 saturated heterocycles. The molecule has 1 aromatic carbocycles. The SMILES string of the molecule is CCCCCCCCNC(N)=NCC(O)Cc1ccccc1.I. The topological polar surface area (TPSA) is 70.6 Å². The highest BCUT2D eigenvalue weighted by Crippen LogP contribution is 2.04. The molecule has 1 aromatic rings. The molecule has 4 N–H and O–H groups in total. The number of halogens is 1. The smallest absolute Gasteiger partial charge is 0.188 e. The quantitative estimate of drug-likeness (QED) is 0.217. The van der Waals surface area contributed by atoms with Crippen molar-refractivity contribution in [2.75, 3.05) is 13.1 Å². The van der Waals surface area contributed by atoms with Crippen molar-refractivity contribution in [1.29, 1.82) is 0 Å². The molecule has 0 aliphatic rings. The van der Waals surface area contributed by atoms with E-state index in [-0.39, 0.29) is 24.0 Å². The highest BCUT2D eigenvalue weighted by atomic mass is 127.